The Morgan fingerprint density at radius 2 is 2.04 bits per heavy atom. The number of nitrogens with zero attached hydrogens (tertiary/aromatic N) is 2. The van der Waals surface area contributed by atoms with E-state index in [-0.39, 0.29) is 11.7 Å². The number of hydrogen-bond acceptors (Lipinski definition) is 5. The Hall–Kier alpha value is -2.31. The third-order valence-corrected chi connectivity index (χ3v) is 4.92. The van der Waals surface area contributed by atoms with Crippen LogP contribution in [0.5, 0.6) is 5.75 Å². The Labute approximate surface area is 142 Å². The van der Waals surface area contributed by atoms with Crippen molar-refractivity contribution < 1.29 is 9.90 Å². The van der Waals surface area contributed by atoms with E-state index >= 15 is 0 Å². The molecule has 1 fully saturated rings. The molecular weight excluding hydrogens is 328 g/mol. The number of thioether (sulfide) groups is 1. The van der Waals surface area contributed by atoms with Crippen LogP contribution in [-0.4, -0.2) is 27.6 Å². The predicted molar refractivity (Wildman–Crippen MR) is 97.0 cm³/mol. The first-order valence-electron chi connectivity index (χ1n) is 6.91. The molecule has 0 unspecified atom stereocenters. The van der Waals surface area contributed by atoms with E-state index < -0.39 is 0 Å². The standard InChI is InChI=1S/C17H14N2O2S2/c1-2-9-19-16(21)15(11-14-4-3-10-22-14)23-17(19)18-12-5-7-13(20)8-6-12/h2-8,10-11,20H,1,9H2/b15-11-,18-17?. The molecule has 0 radical (unpaired) electrons. The van der Waals surface area contributed by atoms with Crippen LogP contribution in [-0.2, 0) is 4.79 Å². The lowest BCUT2D eigenvalue weighted by Crippen LogP contribution is -2.29. The highest BCUT2D eigenvalue weighted by molar-refractivity contribution is 8.18. The Morgan fingerprint density at radius 1 is 1.26 bits per heavy atom. The van der Waals surface area contributed by atoms with Crippen LogP contribution < -0.4 is 0 Å². The number of phenols is 1. The minimum atomic E-state index is -0.0687. The molecule has 1 aliphatic heterocycles. The van der Waals surface area contributed by atoms with Crippen molar-refractivity contribution in [1.82, 2.24) is 4.90 Å². The van der Waals surface area contributed by atoms with Crippen molar-refractivity contribution in [2.75, 3.05) is 6.54 Å². The zero-order chi connectivity index (χ0) is 16.2. The fraction of sp³-hybridized carbons (Fsp3) is 0.0588. The van der Waals surface area contributed by atoms with E-state index in [4.69, 9.17) is 0 Å². The molecule has 116 valence electrons. The maximum Gasteiger partial charge on any atom is 0.267 e. The summed E-state index contributed by atoms with van der Waals surface area (Å²) < 4.78 is 0. The second-order valence-electron chi connectivity index (χ2n) is 4.74. The number of carbonyl (C=O) groups is 1. The molecule has 0 atom stereocenters. The van der Waals surface area contributed by atoms with Crippen molar-refractivity contribution >= 4 is 45.9 Å². The zero-order valence-electron chi connectivity index (χ0n) is 12.2. The van der Waals surface area contributed by atoms with Crippen LogP contribution in [0, 0.1) is 0 Å². The van der Waals surface area contributed by atoms with Gasteiger partial charge in [0.25, 0.3) is 5.91 Å². The number of amides is 1. The smallest absolute Gasteiger partial charge is 0.267 e. The average molecular weight is 342 g/mol. The summed E-state index contributed by atoms with van der Waals surface area (Å²) in [4.78, 5) is 20.3. The summed E-state index contributed by atoms with van der Waals surface area (Å²) in [6.07, 6.45) is 3.56. The number of amidine groups is 1. The fourth-order valence-corrected chi connectivity index (χ4v) is 3.75. The van der Waals surface area contributed by atoms with Crippen molar-refractivity contribution in [3.05, 3.63) is 64.2 Å². The Bertz CT molecular complexity index is 777. The summed E-state index contributed by atoms with van der Waals surface area (Å²) in [6, 6.07) is 10.5. The lowest BCUT2D eigenvalue weighted by atomic mass is 10.3. The molecule has 3 rings (SSSR count). The van der Waals surface area contributed by atoms with Gasteiger partial charge in [-0.15, -0.1) is 17.9 Å². The highest BCUT2D eigenvalue weighted by Gasteiger charge is 2.32. The van der Waals surface area contributed by atoms with Crippen LogP contribution in [0.3, 0.4) is 0 Å². The maximum atomic E-state index is 12.5. The molecule has 1 N–H and O–H groups in total. The molecule has 0 saturated carbocycles. The van der Waals surface area contributed by atoms with Gasteiger partial charge in [0.15, 0.2) is 5.17 Å². The normalized spacial score (nSPS) is 18.1. The van der Waals surface area contributed by atoms with Gasteiger partial charge in [0.05, 0.1) is 10.6 Å². The average Bonchev–Trinajstić information content (AvgIpc) is 3.14. The number of carbonyl (C=O) groups excluding carboxylic acids is 1. The zero-order valence-corrected chi connectivity index (χ0v) is 13.8. The second kappa shape index (κ2) is 6.85. The molecule has 2 heterocycles. The fourth-order valence-electron chi connectivity index (χ4n) is 2.02. The quantitative estimate of drug-likeness (QED) is 0.668. The summed E-state index contributed by atoms with van der Waals surface area (Å²) in [6.45, 7) is 4.11. The maximum absolute atomic E-state index is 12.5. The van der Waals surface area contributed by atoms with Crippen LogP contribution in [0.2, 0.25) is 0 Å². The lowest BCUT2D eigenvalue weighted by molar-refractivity contribution is -0.121. The van der Waals surface area contributed by atoms with E-state index in [2.05, 4.69) is 11.6 Å². The highest BCUT2D eigenvalue weighted by Crippen LogP contribution is 2.34. The van der Waals surface area contributed by atoms with Crippen LogP contribution in [0.1, 0.15) is 4.88 Å². The summed E-state index contributed by atoms with van der Waals surface area (Å²) in [5.74, 6) is 0.117. The molecule has 1 saturated heterocycles. The number of thiophene rings is 1. The molecule has 0 bridgehead atoms. The van der Waals surface area contributed by atoms with Gasteiger partial charge in [0.2, 0.25) is 0 Å². The summed E-state index contributed by atoms with van der Waals surface area (Å²) in [5, 5.41) is 11.9. The molecule has 6 heteroatoms. The minimum Gasteiger partial charge on any atom is -0.508 e. The highest BCUT2D eigenvalue weighted by atomic mass is 32.2. The van der Waals surface area contributed by atoms with Gasteiger partial charge in [-0.25, -0.2) is 4.99 Å². The van der Waals surface area contributed by atoms with Gasteiger partial charge in [0, 0.05) is 11.4 Å². The van der Waals surface area contributed by atoms with Gasteiger partial charge in [-0.3, -0.25) is 9.69 Å². The largest absolute Gasteiger partial charge is 0.508 e. The van der Waals surface area contributed by atoms with Gasteiger partial charge in [-0.2, -0.15) is 0 Å². The van der Waals surface area contributed by atoms with E-state index in [9.17, 15) is 9.90 Å². The van der Waals surface area contributed by atoms with Crippen molar-refractivity contribution in [3.8, 4) is 5.75 Å². The SMILES string of the molecule is C=CCN1C(=O)/C(=C/c2cccs2)SC1=Nc1ccc(O)cc1. The topological polar surface area (TPSA) is 52.9 Å². The molecule has 2 aromatic rings. The summed E-state index contributed by atoms with van der Waals surface area (Å²) in [5.41, 5.74) is 0.685. The van der Waals surface area contributed by atoms with Gasteiger partial charge < -0.3 is 5.11 Å². The summed E-state index contributed by atoms with van der Waals surface area (Å²) in [7, 11) is 0. The lowest BCUT2D eigenvalue weighted by Gasteiger charge is -2.12. The van der Waals surface area contributed by atoms with Crippen molar-refractivity contribution in [2.45, 2.75) is 0 Å². The van der Waals surface area contributed by atoms with Gasteiger partial charge in [-0.1, -0.05) is 12.1 Å². The number of benzene rings is 1. The molecular formula is C17H14N2O2S2. The third kappa shape index (κ3) is 3.55. The Balaban J connectivity index is 1.93. The molecule has 23 heavy (non-hydrogen) atoms. The van der Waals surface area contributed by atoms with E-state index in [0.29, 0.717) is 22.3 Å². The van der Waals surface area contributed by atoms with E-state index in [1.165, 1.54) is 11.8 Å². The van der Waals surface area contributed by atoms with Gasteiger partial charge in [-0.05, 0) is 53.5 Å². The molecule has 1 aromatic heterocycles. The molecule has 4 nitrogen and oxygen atoms in total. The number of aromatic hydroxyl groups is 1. The van der Waals surface area contributed by atoms with Gasteiger partial charge >= 0.3 is 0 Å². The minimum absolute atomic E-state index is 0.0687. The van der Waals surface area contributed by atoms with Crippen LogP contribution in [0.25, 0.3) is 6.08 Å². The van der Waals surface area contributed by atoms with E-state index in [1.807, 2.05) is 23.6 Å². The predicted octanol–water partition coefficient (Wildman–Crippen LogP) is 4.24. The molecule has 1 aliphatic rings. The van der Waals surface area contributed by atoms with Crippen molar-refractivity contribution in [3.63, 3.8) is 0 Å². The van der Waals surface area contributed by atoms with Crippen molar-refractivity contribution in [2.24, 2.45) is 4.99 Å². The van der Waals surface area contributed by atoms with Crippen LogP contribution in [0.4, 0.5) is 5.69 Å². The monoisotopic (exact) mass is 342 g/mol. The van der Waals surface area contributed by atoms with E-state index in [1.54, 1.807) is 46.6 Å². The second-order valence-corrected chi connectivity index (χ2v) is 6.73. The van der Waals surface area contributed by atoms with Crippen LogP contribution >= 0.6 is 23.1 Å². The number of rotatable bonds is 4. The third-order valence-electron chi connectivity index (χ3n) is 3.09. The molecule has 0 aliphatic carbocycles. The first-order valence-corrected chi connectivity index (χ1v) is 8.60. The molecule has 1 aromatic carbocycles. The first kappa shape index (κ1) is 15.6. The number of phenolic OH excluding ortho intramolecular Hbond substituents is 1. The van der Waals surface area contributed by atoms with Crippen LogP contribution in [0.15, 0.2) is 64.3 Å². The number of aliphatic imine (C=N–C) groups is 1. The summed E-state index contributed by atoms with van der Waals surface area (Å²) >= 11 is 2.93. The molecule has 0 spiro atoms. The Morgan fingerprint density at radius 3 is 2.70 bits per heavy atom. The first-order chi connectivity index (χ1) is 11.2. The van der Waals surface area contributed by atoms with E-state index in [0.717, 1.165) is 4.88 Å². The molecule has 1 amide bonds. The van der Waals surface area contributed by atoms with Gasteiger partial charge in [0.1, 0.15) is 5.75 Å². The number of hydrogen-bond donors (Lipinski definition) is 1. The van der Waals surface area contributed by atoms with Crippen molar-refractivity contribution in [1.29, 1.82) is 0 Å². The Kier molecular flexibility index (Phi) is 4.64.